The zero-order chi connectivity index (χ0) is 13.1. The third-order valence-electron chi connectivity index (χ3n) is 3.27. The molecule has 1 aliphatic carbocycles. The van der Waals surface area contributed by atoms with Gasteiger partial charge in [-0.1, -0.05) is 30.3 Å². The Morgan fingerprint density at radius 3 is 2.55 bits per heavy atom. The number of hydrogen-bond donors (Lipinski definition) is 1. The molecular weight excluding hydrogens is 272 g/mol. The van der Waals surface area contributed by atoms with E-state index in [2.05, 4.69) is 36.5 Å². The third-order valence-corrected chi connectivity index (χ3v) is 3.27. The molecule has 2 aromatic rings. The summed E-state index contributed by atoms with van der Waals surface area (Å²) in [6.45, 7) is 2.14. The first-order valence-corrected chi connectivity index (χ1v) is 6.76. The molecule has 0 saturated heterocycles. The van der Waals surface area contributed by atoms with Gasteiger partial charge in [-0.3, -0.25) is 4.99 Å². The summed E-state index contributed by atoms with van der Waals surface area (Å²) in [5.74, 6) is 1.68. The quantitative estimate of drug-likeness (QED) is 0.683. The van der Waals surface area contributed by atoms with Crippen molar-refractivity contribution >= 4 is 18.2 Å². The van der Waals surface area contributed by atoms with Gasteiger partial charge >= 0.3 is 0 Å². The van der Waals surface area contributed by atoms with Gasteiger partial charge in [-0.2, -0.15) is 0 Å². The zero-order valence-corrected chi connectivity index (χ0v) is 12.3. The van der Waals surface area contributed by atoms with Crippen LogP contribution < -0.4 is 5.32 Å². The monoisotopic (exact) mass is 290 g/mol. The van der Waals surface area contributed by atoms with Gasteiger partial charge in [0.1, 0.15) is 0 Å². The van der Waals surface area contributed by atoms with E-state index in [4.69, 9.17) is 9.41 Å². The first-order valence-electron chi connectivity index (χ1n) is 6.76. The number of nitrogens with zero attached hydrogens (tertiary/aromatic N) is 1. The van der Waals surface area contributed by atoms with E-state index < -0.39 is 0 Å². The summed E-state index contributed by atoms with van der Waals surface area (Å²) in [6, 6.07) is 14.9. The molecular formula is C16H19ClN2O. The van der Waals surface area contributed by atoms with Gasteiger partial charge < -0.3 is 9.73 Å². The van der Waals surface area contributed by atoms with E-state index in [0.717, 1.165) is 11.6 Å². The summed E-state index contributed by atoms with van der Waals surface area (Å²) in [5.41, 5.74) is 1.25. The second-order valence-corrected chi connectivity index (χ2v) is 4.96. The highest BCUT2D eigenvalue weighted by molar-refractivity contribution is 5.96. The Labute approximate surface area is 125 Å². The minimum absolute atomic E-state index is 0. The minimum Gasteiger partial charge on any atom is -0.461 e. The predicted octanol–water partition coefficient (Wildman–Crippen LogP) is 3.96. The van der Waals surface area contributed by atoms with E-state index in [1.54, 1.807) is 6.26 Å². The van der Waals surface area contributed by atoms with Crippen LogP contribution in [0.4, 0.5) is 0 Å². The second-order valence-electron chi connectivity index (χ2n) is 4.96. The van der Waals surface area contributed by atoms with E-state index in [-0.39, 0.29) is 18.4 Å². The molecule has 1 atom stereocenters. The summed E-state index contributed by atoms with van der Waals surface area (Å²) in [5, 5.41) is 3.46. The summed E-state index contributed by atoms with van der Waals surface area (Å²) < 4.78 is 5.47. The van der Waals surface area contributed by atoms with Crippen molar-refractivity contribution in [1.82, 2.24) is 5.32 Å². The van der Waals surface area contributed by atoms with E-state index in [1.165, 1.54) is 18.4 Å². The van der Waals surface area contributed by atoms with E-state index in [0.29, 0.717) is 6.04 Å². The van der Waals surface area contributed by atoms with Crippen LogP contribution in [0.2, 0.25) is 0 Å². The number of amidine groups is 1. The van der Waals surface area contributed by atoms with Crippen LogP contribution in [-0.2, 0) is 0 Å². The molecule has 0 radical (unpaired) electrons. The van der Waals surface area contributed by atoms with Gasteiger partial charge in [0.05, 0.1) is 18.3 Å². The Morgan fingerprint density at radius 2 is 1.95 bits per heavy atom. The van der Waals surface area contributed by atoms with Crippen LogP contribution in [-0.4, -0.2) is 11.9 Å². The Morgan fingerprint density at radius 1 is 1.20 bits per heavy atom. The average Bonchev–Trinajstić information content (AvgIpc) is 3.09. The number of aliphatic imine (C=N–C) groups is 1. The topological polar surface area (TPSA) is 37.5 Å². The highest BCUT2D eigenvalue weighted by Crippen LogP contribution is 2.25. The van der Waals surface area contributed by atoms with Gasteiger partial charge in [-0.15, -0.1) is 12.4 Å². The standard InChI is InChI=1S/C16H18N2O.ClH/c1-12(13-6-3-2-4-7-13)17-16(18-14-9-10-14)15-8-5-11-19-15;/h2-8,11-12,14H,9-10H2,1H3,(H,17,18);1H. The average molecular weight is 291 g/mol. The van der Waals surface area contributed by atoms with Crippen molar-refractivity contribution in [2.24, 2.45) is 4.99 Å². The Balaban J connectivity index is 0.00000147. The van der Waals surface area contributed by atoms with Crippen molar-refractivity contribution in [2.45, 2.75) is 31.8 Å². The summed E-state index contributed by atoms with van der Waals surface area (Å²) in [7, 11) is 0. The molecule has 1 aromatic carbocycles. The minimum atomic E-state index is 0. The molecule has 1 aromatic heterocycles. The Bertz CT molecular complexity index is 547. The molecule has 4 heteroatoms. The normalized spacial score (nSPS) is 16.4. The number of rotatable bonds is 4. The fourth-order valence-corrected chi connectivity index (χ4v) is 2.00. The molecule has 1 aliphatic rings. The van der Waals surface area contributed by atoms with Crippen LogP contribution in [0.1, 0.15) is 37.1 Å². The third kappa shape index (κ3) is 3.64. The van der Waals surface area contributed by atoms with E-state index in [1.807, 2.05) is 18.2 Å². The molecule has 1 fully saturated rings. The smallest absolute Gasteiger partial charge is 0.168 e. The van der Waals surface area contributed by atoms with Crippen molar-refractivity contribution in [2.75, 3.05) is 0 Å². The van der Waals surface area contributed by atoms with Gasteiger partial charge in [0, 0.05) is 0 Å². The van der Waals surface area contributed by atoms with E-state index >= 15 is 0 Å². The maximum Gasteiger partial charge on any atom is 0.168 e. The molecule has 0 amide bonds. The molecule has 0 aliphatic heterocycles. The van der Waals surface area contributed by atoms with Gasteiger partial charge in [-0.05, 0) is 37.5 Å². The largest absolute Gasteiger partial charge is 0.461 e. The summed E-state index contributed by atoms with van der Waals surface area (Å²) in [4.78, 5) is 4.71. The molecule has 1 N–H and O–H groups in total. The summed E-state index contributed by atoms with van der Waals surface area (Å²) in [6.07, 6.45) is 4.06. The van der Waals surface area contributed by atoms with Crippen LogP contribution in [0.3, 0.4) is 0 Å². The van der Waals surface area contributed by atoms with Gasteiger partial charge in [0.15, 0.2) is 11.6 Å². The molecule has 106 valence electrons. The maximum atomic E-state index is 5.47. The van der Waals surface area contributed by atoms with Crippen LogP contribution in [0.5, 0.6) is 0 Å². The zero-order valence-electron chi connectivity index (χ0n) is 11.5. The maximum absolute atomic E-state index is 5.47. The molecule has 3 rings (SSSR count). The number of benzene rings is 1. The van der Waals surface area contributed by atoms with E-state index in [9.17, 15) is 0 Å². The molecule has 20 heavy (non-hydrogen) atoms. The van der Waals surface area contributed by atoms with Crippen molar-refractivity contribution in [3.63, 3.8) is 0 Å². The number of nitrogens with one attached hydrogen (secondary N) is 1. The highest BCUT2D eigenvalue weighted by atomic mass is 35.5. The fraction of sp³-hybridized carbons (Fsp3) is 0.312. The lowest BCUT2D eigenvalue weighted by atomic mass is 10.1. The van der Waals surface area contributed by atoms with Crippen LogP contribution in [0.25, 0.3) is 0 Å². The first-order chi connectivity index (χ1) is 9.33. The molecule has 1 saturated carbocycles. The number of hydrogen-bond acceptors (Lipinski definition) is 2. The Kier molecular flexibility index (Phi) is 4.85. The van der Waals surface area contributed by atoms with Crippen molar-refractivity contribution < 1.29 is 4.42 Å². The molecule has 0 spiro atoms. The lowest BCUT2D eigenvalue weighted by Crippen LogP contribution is -2.27. The van der Waals surface area contributed by atoms with Crippen molar-refractivity contribution in [3.8, 4) is 0 Å². The molecule has 3 nitrogen and oxygen atoms in total. The second kappa shape index (κ2) is 6.62. The first kappa shape index (κ1) is 14.7. The van der Waals surface area contributed by atoms with Crippen LogP contribution in [0, 0.1) is 0 Å². The van der Waals surface area contributed by atoms with Crippen molar-refractivity contribution in [3.05, 3.63) is 60.1 Å². The fourth-order valence-electron chi connectivity index (χ4n) is 2.00. The predicted molar refractivity (Wildman–Crippen MR) is 83.5 cm³/mol. The van der Waals surface area contributed by atoms with Crippen LogP contribution >= 0.6 is 12.4 Å². The SMILES string of the molecule is CC(NC(=NC1CC1)c1ccco1)c1ccccc1.Cl. The molecule has 0 bridgehead atoms. The number of furan rings is 1. The lowest BCUT2D eigenvalue weighted by Gasteiger charge is -2.16. The Hall–Kier alpha value is -1.74. The summed E-state index contributed by atoms with van der Waals surface area (Å²) >= 11 is 0. The van der Waals surface area contributed by atoms with Gasteiger partial charge in [0.2, 0.25) is 0 Å². The molecule has 1 heterocycles. The van der Waals surface area contributed by atoms with Crippen LogP contribution in [0.15, 0.2) is 58.1 Å². The van der Waals surface area contributed by atoms with Gasteiger partial charge in [-0.25, -0.2) is 0 Å². The lowest BCUT2D eigenvalue weighted by molar-refractivity contribution is 0.548. The highest BCUT2D eigenvalue weighted by Gasteiger charge is 2.23. The molecule has 1 unspecified atom stereocenters. The van der Waals surface area contributed by atoms with Crippen molar-refractivity contribution in [1.29, 1.82) is 0 Å². The van der Waals surface area contributed by atoms with Gasteiger partial charge in [0.25, 0.3) is 0 Å². The number of halogens is 1.